The molecule has 0 aliphatic rings. The van der Waals surface area contributed by atoms with E-state index in [1.165, 1.54) is 18.5 Å². The van der Waals surface area contributed by atoms with E-state index < -0.39 is 29.1 Å². The first-order chi connectivity index (χ1) is 10.8. The molecule has 0 saturated carbocycles. The van der Waals surface area contributed by atoms with Crippen LogP contribution in [0.1, 0.15) is 0 Å². The van der Waals surface area contributed by atoms with Crippen molar-refractivity contribution >= 4 is 11.2 Å². The predicted octanol–water partition coefficient (Wildman–Crippen LogP) is 1.15. The fourth-order valence-corrected chi connectivity index (χ4v) is 1.81. The smallest absolute Gasteiger partial charge is 0.402 e. The van der Waals surface area contributed by atoms with Crippen LogP contribution in [-0.4, -0.2) is 26.0 Å². The van der Waals surface area contributed by atoms with Crippen molar-refractivity contribution < 1.29 is 22.7 Å². The Kier molecular flexibility index (Phi) is 3.32. The van der Waals surface area contributed by atoms with E-state index in [0.29, 0.717) is 0 Å². The summed E-state index contributed by atoms with van der Waals surface area (Å²) in [6.07, 6.45) is -3.78. The fourth-order valence-electron chi connectivity index (χ4n) is 1.81. The maximum Gasteiger partial charge on any atom is 0.573 e. The average molecular weight is 328 g/mol. The van der Waals surface area contributed by atoms with Crippen LogP contribution in [0.3, 0.4) is 0 Å². The van der Waals surface area contributed by atoms with Crippen molar-refractivity contribution in [1.29, 1.82) is 0 Å². The van der Waals surface area contributed by atoms with Gasteiger partial charge in [0.05, 0.1) is 6.33 Å². The molecule has 0 radical (unpaired) electrons. The Bertz CT molecular complexity index is 973. The SMILES string of the molecule is O=c1[nH]c2nc[nH]c2c(=O)n1Oc1ccccc1OC(F)(F)F. The highest BCUT2D eigenvalue weighted by molar-refractivity contribution is 5.67. The van der Waals surface area contributed by atoms with Gasteiger partial charge in [-0.2, -0.15) is 0 Å². The predicted molar refractivity (Wildman–Crippen MR) is 70.1 cm³/mol. The van der Waals surface area contributed by atoms with Crippen LogP contribution >= 0.6 is 0 Å². The van der Waals surface area contributed by atoms with Gasteiger partial charge < -0.3 is 14.6 Å². The van der Waals surface area contributed by atoms with Gasteiger partial charge in [0.2, 0.25) is 0 Å². The van der Waals surface area contributed by atoms with Crippen LogP contribution in [0.4, 0.5) is 13.2 Å². The summed E-state index contributed by atoms with van der Waals surface area (Å²) < 4.78 is 41.1. The number of alkyl halides is 3. The minimum absolute atomic E-state index is 0.000299. The molecule has 0 atom stereocenters. The molecule has 1 aromatic carbocycles. The molecule has 0 spiro atoms. The lowest BCUT2D eigenvalue weighted by atomic mass is 10.3. The van der Waals surface area contributed by atoms with E-state index in [1.54, 1.807) is 0 Å². The van der Waals surface area contributed by atoms with Gasteiger partial charge in [0, 0.05) is 0 Å². The van der Waals surface area contributed by atoms with Crippen molar-refractivity contribution in [2.24, 2.45) is 0 Å². The van der Waals surface area contributed by atoms with Gasteiger partial charge in [0.1, 0.15) is 0 Å². The lowest BCUT2D eigenvalue weighted by Gasteiger charge is -2.13. The van der Waals surface area contributed by atoms with E-state index in [0.717, 1.165) is 12.1 Å². The minimum atomic E-state index is -4.95. The van der Waals surface area contributed by atoms with Crippen LogP contribution in [0.25, 0.3) is 11.2 Å². The van der Waals surface area contributed by atoms with E-state index in [2.05, 4.69) is 19.7 Å². The zero-order valence-corrected chi connectivity index (χ0v) is 11.0. The molecule has 23 heavy (non-hydrogen) atoms. The largest absolute Gasteiger partial charge is 0.573 e. The number of nitrogens with one attached hydrogen (secondary N) is 2. The highest BCUT2D eigenvalue weighted by atomic mass is 19.4. The Labute approximate surface area is 124 Å². The van der Waals surface area contributed by atoms with Crippen molar-refractivity contribution in [3.8, 4) is 11.5 Å². The number of hydrogen-bond acceptors (Lipinski definition) is 5. The number of hydrogen-bond donors (Lipinski definition) is 2. The number of imidazole rings is 1. The molecule has 11 heteroatoms. The van der Waals surface area contributed by atoms with E-state index in [-0.39, 0.29) is 15.9 Å². The maximum absolute atomic E-state index is 12.4. The lowest BCUT2D eigenvalue weighted by molar-refractivity contribution is -0.275. The maximum atomic E-state index is 12.4. The Morgan fingerprint density at radius 3 is 2.52 bits per heavy atom. The monoisotopic (exact) mass is 328 g/mol. The summed E-state index contributed by atoms with van der Waals surface area (Å²) in [4.78, 5) is 37.3. The number of ether oxygens (including phenoxy) is 1. The third-order valence-electron chi connectivity index (χ3n) is 2.71. The number of aromatic nitrogens is 4. The van der Waals surface area contributed by atoms with Crippen molar-refractivity contribution in [1.82, 2.24) is 19.7 Å². The van der Waals surface area contributed by atoms with Crippen molar-refractivity contribution in [3.63, 3.8) is 0 Å². The average Bonchev–Trinajstić information content (AvgIpc) is 2.92. The van der Waals surface area contributed by atoms with E-state index in [9.17, 15) is 22.8 Å². The van der Waals surface area contributed by atoms with Gasteiger partial charge in [-0.05, 0) is 12.1 Å². The van der Waals surface area contributed by atoms with E-state index in [1.807, 2.05) is 0 Å². The molecule has 2 aromatic heterocycles. The zero-order valence-electron chi connectivity index (χ0n) is 11.0. The Balaban J connectivity index is 2.07. The molecule has 0 aliphatic carbocycles. The van der Waals surface area contributed by atoms with Gasteiger partial charge in [-0.25, -0.2) is 9.78 Å². The first-order valence-corrected chi connectivity index (χ1v) is 6.07. The molecule has 0 bridgehead atoms. The number of para-hydroxylation sites is 2. The highest BCUT2D eigenvalue weighted by Gasteiger charge is 2.32. The topological polar surface area (TPSA) is 102 Å². The lowest BCUT2D eigenvalue weighted by Crippen LogP contribution is -2.38. The molecule has 0 amide bonds. The molecule has 8 nitrogen and oxygen atoms in total. The highest BCUT2D eigenvalue weighted by Crippen LogP contribution is 2.31. The van der Waals surface area contributed by atoms with Gasteiger partial charge in [-0.1, -0.05) is 16.9 Å². The Hall–Kier alpha value is -3.24. The first-order valence-electron chi connectivity index (χ1n) is 6.07. The summed E-state index contributed by atoms with van der Waals surface area (Å²) in [6.45, 7) is 0. The summed E-state index contributed by atoms with van der Waals surface area (Å²) >= 11 is 0. The van der Waals surface area contributed by atoms with E-state index >= 15 is 0 Å². The van der Waals surface area contributed by atoms with E-state index in [4.69, 9.17) is 4.84 Å². The quantitative estimate of drug-likeness (QED) is 0.751. The van der Waals surface area contributed by atoms with Gasteiger partial charge in [0.25, 0.3) is 0 Å². The second-order valence-electron chi connectivity index (χ2n) is 4.24. The number of aromatic amines is 2. The Morgan fingerprint density at radius 2 is 1.83 bits per heavy atom. The Morgan fingerprint density at radius 1 is 1.13 bits per heavy atom. The first kappa shape index (κ1) is 14.7. The number of halogens is 3. The number of fused-ring (bicyclic) bond motifs is 1. The molecular weight excluding hydrogens is 321 g/mol. The molecule has 2 heterocycles. The second kappa shape index (κ2) is 5.19. The number of nitrogens with zero attached hydrogens (tertiary/aromatic N) is 2. The molecule has 0 aliphatic heterocycles. The van der Waals surface area contributed by atoms with Crippen LogP contribution in [0.15, 0.2) is 40.2 Å². The molecule has 0 saturated heterocycles. The molecule has 2 N–H and O–H groups in total. The van der Waals surface area contributed by atoms with Crippen molar-refractivity contribution in [2.45, 2.75) is 6.36 Å². The number of H-pyrrole nitrogens is 2. The van der Waals surface area contributed by atoms with Crippen LogP contribution < -0.4 is 20.8 Å². The van der Waals surface area contributed by atoms with Gasteiger partial charge >= 0.3 is 17.6 Å². The van der Waals surface area contributed by atoms with Crippen molar-refractivity contribution in [3.05, 3.63) is 51.4 Å². The fraction of sp³-hybridized carbons (Fsp3) is 0.0833. The van der Waals surface area contributed by atoms with Crippen LogP contribution in [-0.2, 0) is 0 Å². The van der Waals surface area contributed by atoms with Crippen LogP contribution in [0, 0.1) is 0 Å². The third-order valence-corrected chi connectivity index (χ3v) is 2.71. The standard InChI is InChI=1S/C12H7F3N4O4/c13-12(14,15)22-6-3-1-2-4-7(6)23-19-10(20)8-9(17-5-16-8)18-11(19)21/h1-5H,(H,16,17)(H,18,21). The van der Waals surface area contributed by atoms with Crippen molar-refractivity contribution in [2.75, 3.05) is 0 Å². The molecule has 120 valence electrons. The molecule has 3 aromatic rings. The summed E-state index contributed by atoms with van der Waals surface area (Å²) in [5, 5.41) is 0. The normalized spacial score (nSPS) is 11.6. The second-order valence-corrected chi connectivity index (χ2v) is 4.24. The molecule has 3 rings (SSSR count). The summed E-state index contributed by atoms with van der Waals surface area (Å²) in [6, 6.07) is 4.73. The molecular formula is C12H7F3N4O4. The van der Waals surface area contributed by atoms with Gasteiger partial charge in [-0.3, -0.25) is 9.78 Å². The molecule has 0 fully saturated rings. The number of benzene rings is 1. The summed E-state index contributed by atoms with van der Waals surface area (Å²) in [5.74, 6) is -1.16. The zero-order chi connectivity index (χ0) is 16.6. The van der Waals surface area contributed by atoms with Gasteiger partial charge in [0.15, 0.2) is 22.7 Å². The third kappa shape index (κ3) is 2.88. The molecule has 0 unspecified atom stereocenters. The minimum Gasteiger partial charge on any atom is -0.402 e. The van der Waals surface area contributed by atoms with Crippen LogP contribution in [0.5, 0.6) is 11.5 Å². The van der Waals surface area contributed by atoms with Crippen LogP contribution in [0.2, 0.25) is 0 Å². The van der Waals surface area contributed by atoms with Gasteiger partial charge in [-0.15, -0.1) is 13.2 Å². The summed E-state index contributed by atoms with van der Waals surface area (Å²) in [7, 11) is 0. The summed E-state index contributed by atoms with van der Waals surface area (Å²) in [5.41, 5.74) is -1.99. The number of rotatable bonds is 3.